The standard InChI is InChI=1S/C22H29N3O4S2/c1-16(2)20(24-21(26)19-10-7-13-30-19)22(27)23-15-17-8-6-9-18(14-17)31(28,29)25-11-4-3-5-12-25/h6-10,13-14,16,20H,3-5,11-12,15H2,1-2H3,(H,23,27)(H,24,26)/t20-/m0/s1. The van der Waals surface area contributed by atoms with Gasteiger partial charge in [0.25, 0.3) is 5.91 Å². The number of nitrogens with one attached hydrogen (secondary N) is 2. The highest BCUT2D eigenvalue weighted by molar-refractivity contribution is 7.89. The lowest BCUT2D eigenvalue weighted by molar-refractivity contribution is -0.124. The summed E-state index contributed by atoms with van der Waals surface area (Å²) in [4.78, 5) is 25.9. The predicted octanol–water partition coefficient (Wildman–Crippen LogP) is 2.99. The van der Waals surface area contributed by atoms with Crippen molar-refractivity contribution < 1.29 is 18.0 Å². The monoisotopic (exact) mass is 463 g/mol. The molecule has 0 saturated carbocycles. The fraction of sp³-hybridized carbons (Fsp3) is 0.455. The highest BCUT2D eigenvalue weighted by Crippen LogP contribution is 2.21. The van der Waals surface area contributed by atoms with Crippen molar-refractivity contribution in [2.24, 2.45) is 5.92 Å². The topological polar surface area (TPSA) is 95.6 Å². The first kappa shape index (κ1) is 23.4. The average molecular weight is 464 g/mol. The van der Waals surface area contributed by atoms with Crippen LogP contribution in [0.25, 0.3) is 0 Å². The van der Waals surface area contributed by atoms with E-state index < -0.39 is 16.1 Å². The second-order valence-electron chi connectivity index (χ2n) is 8.00. The lowest BCUT2D eigenvalue weighted by Gasteiger charge is -2.26. The highest BCUT2D eigenvalue weighted by atomic mass is 32.2. The summed E-state index contributed by atoms with van der Waals surface area (Å²) in [6, 6.07) is 9.49. The summed E-state index contributed by atoms with van der Waals surface area (Å²) in [5, 5.41) is 7.43. The first-order chi connectivity index (χ1) is 14.8. The van der Waals surface area contributed by atoms with Gasteiger partial charge in [-0.3, -0.25) is 9.59 Å². The van der Waals surface area contributed by atoms with Gasteiger partial charge in [0.15, 0.2) is 0 Å². The summed E-state index contributed by atoms with van der Waals surface area (Å²) >= 11 is 1.32. The number of sulfonamides is 1. The maximum Gasteiger partial charge on any atom is 0.262 e. The van der Waals surface area contributed by atoms with E-state index in [2.05, 4.69) is 10.6 Å². The van der Waals surface area contributed by atoms with Gasteiger partial charge in [0.1, 0.15) is 6.04 Å². The van der Waals surface area contributed by atoms with Gasteiger partial charge < -0.3 is 10.6 Å². The molecule has 7 nitrogen and oxygen atoms in total. The average Bonchev–Trinajstić information content (AvgIpc) is 3.31. The van der Waals surface area contributed by atoms with Gasteiger partial charge in [-0.05, 0) is 47.9 Å². The Labute approximate surface area is 187 Å². The maximum atomic E-state index is 12.9. The van der Waals surface area contributed by atoms with Gasteiger partial charge >= 0.3 is 0 Å². The smallest absolute Gasteiger partial charge is 0.262 e. The molecule has 0 unspecified atom stereocenters. The zero-order valence-electron chi connectivity index (χ0n) is 17.8. The van der Waals surface area contributed by atoms with Gasteiger partial charge in [0, 0.05) is 19.6 Å². The Bertz CT molecular complexity index is 998. The van der Waals surface area contributed by atoms with Gasteiger partial charge in [0.2, 0.25) is 15.9 Å². The molecule has 2 heterocycles. The summed E-state index contributed by atoms with van der Waals surface area (Å²) in [5.74, 6) is -0.683. The molecule has 1 saturated heterocycles. The minimum Gasteiger partial charge on any atom is -0.350 e. The molecule has 9 heteroatoms. The van der Waals surface area contributed by atoms with E-state index in [1.54, 1.807) is 36.4 Å². The van der Waals surface area contributed by atoms with Crippen molar-refractivity contribution in [3.05, 3.63) is 52.2 Å². The molecule has 2 aromatic rings. The van der Waals surface area contributed by atoms with Gasteiger partial charge in [-0.25, -0.2) is 8.42 Å². The molecule has 1 aromatic carbocycles. The Morgan fingerprint density at radius 1 is 1.10 bits per heavy atom. The van der Waals surface area contributed by atoms with Crippen LogP contribution < -0.4 is 10.6 Å². The van der Waals surface area contributed by atoms with Crippen LogP contribution in [0.3, 0.4) is 0 Å². The third-order valence-corrected chi connectivity index (χ3v) is 8.06. The van der Waals surface area contributed by atoms with Gasteiger partial charge in [-0.1, -0.05) is 38.5 Å². The fourth-order valence-corrected chi connectivity index (χ4v) is 5.74. The third kappa shape index (κ3) is 5.93. The van der Waals surface area contributed by atoms with Crippen molar-refractivity contribution in [1.82, 2.24) is 14.9 Å². The zero-order valence-corrected chi connectivity index (χ0v) is 19.5. The minimum absolute atomic E-state index is 0.102. The van der Waals surface area contributed by atoms with Gasteiger partial charge in [-0.2, -0.15) is 4.31 Å². The normalized spacial score (nSPS) is 16.1. The Kier molecular flexibility index (Phi) is 7.85. The van der Waals surface area contributed by atoms with Crippen LogP contribution in [0.4, 0.5) is 0 Å². The van der Waals surface area contributed by atoms with Crippen molar-refractivity contribution >= 4 is 33.2 Å². The van der Waals surface area contributed by atoms with Gasteiger partial charge in [0.05, 0.1) is 9.77 Å². The molecule has 2 amide bonds. The van der Waals surface area contributed by atoms with Crippen LogP contribution in [0.15, 0.2) is 46.7 Å². The summed E-state index contributed by atoms with van der Waals surface area (Å²) in [5.41, 5.74) is 0.693. The van der Waals surface area contributed by atoms with Crippen molar-refractivity contribution in [2.45, 2.75) is 50.6 Å². The third-order valence-electron chi connectivity index (χ3n) is 5.30. The molecule has 1 atom stereocenters. The first-order valence-corrected chi connectivity index (χ1v) is 12.8. The van der Waals surface area contributed by atoms with E-state index in [9.17, 15) is 18.0 Å². The maximum absolute atomic E-state index is 12.9. The number of rotatable bonds is 8. The van der Waals surface area contributed by atoms with E-state index >= 15 is 0 Å². The second-order valence-corrected chi connectivity index (χ2v) is 10.9. The van der Waals surface area contributed by atoms with Crippen LogP contribution in [0, 0.1) is 5.92 Å². The molecule has 1 aliphatic rings. The number of carbonyl (C=O) groups excluding carboxylic acids is 2. The Morgan fingerprint density at radius 2 is 1.84 bits per heavy atom. The first-order valence-electron chi connectivity index (χ1n) is 10.5. The lowest BCUT2D eigenvalue weighted by atomic mass is 10.0. The molecule has 0 radical (unpaired) electrons. The van der Waals surface area contributed by atoms with Gasteiger partial charge in [-0.15, -0.1) is 11.3 Å². The zero-order chi connectivity index (χ0) is 22.4. The SMILES string of the molecule is CC(C)[C@H](NC(=O)c1cccs1)C(=O)NCc1cccc(S(=O)(=O)N2CCCCC2)c1. The van der Waals surface area contributed by atoms with Crippen molar-refractivity contribution in [2.75, 3.05) is 13.1 Å². The number of hydrogen-bond acceptors (Lipinski definition) is 5. The second kappa shape index (κ2) is 10.4. The number of thiophene rings is 1. The van der Waals surface area contributed by atoms with E-state index in [4.69, 9.17) is 0 Å². The van der Waals surface area contributed by atoms with Crippen LogP contribution in [0.1, 0.15) is 48.3 Å². The molecule has 1 aromatic heterocycles. The largest absolute Gasteiger partial charge is 0.350 e. The van der Waals surface area contributed by atoms with Crippen LogP contribution in [0.5, 0.6) is 0 Å². The number of carbonyl (C=O) groups is 2. The summed E-state index contributed by atoms with van der Waals surface area (Å²) in [6.07, 6.45) is 2.81. The number of hydrogen-bond donors (Lipinski definition) is 2. The highest BCUT2D eigenvalue weighted by Gasteiger charge is 2.27. The molecule has 1 fully saturated rings. The summed E-state index contributed by atoms with van der Waals surface area (Å²) < 4.78 is 27.3. The minimum atomic E-state index is -3.53. The van der Waals surface area contributed by atoms with Crippen LogP contribution in [0.2, 0.25) is 0 Å². The molecule has 1 aliphatic heterocycles. The molecular weight excluding hydrogens is 434 g/mol. The number of benzene rings is 1. The fourth-order valence-electron chi connectivity index (χ4n) is 3.52. The number of amides is 2. The number of nitrogens with zero attached hydrogens (tertiary/aromatic N) is 1. The van der Waals surface area contributed by atoms with E-state index in [-0.39, 0.29) is 29.2 Å². The molecule has 31 heavy (non-hydrogen) atoms. The quantitative estimate of drug-likeness (QED) is 0.629. The van der Waals surface area contributed by atoms with Crippen LogP contribution in [-0.4, -0.2) is 43.7 Å². The molecular formula is C22H29N3O4S2. The Hall–Kier alpha value is -2.23. The van der Waals surface area contributed by atoms with E-state index in [1.807, 2.05) is 19.2 Å². The van der Waals surface area contributed by atoms with Crippen LogP contribution >= 0.6 is 11.3 Å². The van der Waals surface area contributed by atoms with E-state index in [0.29, 0.717) is 23.5 Å². The molecule has 0 spiro atoms. The Balaban J connectivity index is 1.65. The molecule has 168 valence electrons. The predicted molar refractivity (Wildman–Crippen MR) is 121 cm³/mol. The van der Waals surface area contributed by atoms with Crippen molar-refractivity contribution in [1.29, 1.82) is 0 Å². The van der Waals surface area contributed by atoms with Crippen LogP contribution in [-0.2, 0) is 21.4 Å². The molecule has 3 rings (SSSR count). The molecule has 0 aliphatic carbocycles. The van der Waals surface area contributed by atoms with E-state index in [1.165, 1.54) is 15.6 Å². The molecule has 0 bridgehead atoms. The number of piperidine rings is 1. The lowest BCUT2D eigenvalue weighted by Crippen LogP contribution is -2.49. The summed E-state index contributed by atoms with van der Waals surface area (Å²) in [6.45, 7) is 5.00. The van der Waals surface area contributed by atoms with Crippen molar-refractivity contribution in [3.8, 4) is 0 Å². The molecule has 2 N–H and O–H groups in total. The van der Waals surface area contributed by atoms with E-state index in [0.717, 1.165) is 19.3 Å². The summed E-state index contributed by atoms with van der Waals surface area (Å²) in [7, 11) is -3.53. The van der Waals surface area contributed by atoms with Crippen molar-refractivity contribution in [3.63, 3.8) is 0 Å². The Morgan fingerprint density at radius 3 is 2.48 bits per heavy atom.